The third-order valence-electron chi connectivity index (χ3n) is 7.11. The van der Waals surface area contributed by atoms with Crippen LogP contribution in [0.4, 0.5) is 18.9 Å². The minimum Gasteiger partial charge on any atom is -0.497 e. The number of carbonyl (C=O) groups excluding carboxylic acids is 2. The van der Waals surface area contributed by atoms with Crippen LogP contribution >= 0.6 is 0 Å². The molecule has 37 heavy (non-hydrogen) atoms. The van der Waals surface area contributed by atoms with E-state index in [4.69, 9.17) is 4.74 Å². The number of alkyl halides is 3. The van der Waals surface area contributed by atoms with Crippen molar-refractivity contribution in [1.82, 2.24) is 15.7 Å². The summed E-state index contributed by atoms with van der Waals surface area (Å²) in [7, 11) is 1.56. The zero-order valence-electron chi connectivity index (χ0n) is 21.0. The zero-order valence-corrected chi connectivity index (χ0v) is 21.0. The molecule has 198 valence electrons. The van der Waals surface area contributed by atoms with Gasteiger partial charge in [-0.1, -0.05) is 32.4 Å². The van der Waals surface area contributed by atoms with Crippen molar-refractivity contribution in [2.45, 2.75) is 51.7 Å². The summed E-state index contributed by atoms with van der Waals surface area (Å²) in [6.45, 7) is 3.82. The first-order chi connectivity index (χ1) is 17.6. The Hall–Kier alpha value is -3.69. The molecule has 4 rings (SSSR count). The normalized spacial score (nSPS) is 17.0. The second kappa shape index (κ2) is 10.7. The Kier molecular flexibility index (Phi) is 7.65. The first-order valence-electron chi connectivity index (χ1n) is 12.3. The molecule has 2 aromatic carbocycles. The van der Waals surface area contributed by atoms with Gasteiger partial charge >= 0.3 is 6.18 Å². The summed E-state index contributed by atoms with van der Waals surface area (Å²) in [5.41, 5.74) is 6.98. The van der Waals surface area contributed by atoms with Gasteiger partial charge in [0.2, 0.25) is 5.91 Å². The average Bonchev–Trinajstić information content (AvgIpc) is 3.27. The van der Waals surface area contributed by atoms with E-state index in [2.05, 4.69) is 21.2 Å². The van der Waals surface area contributed by atoms with Gasteiger partial charge in [0.05, 0.1) is 23.9 Å². The van der Waals surface area contributed by atoms with E-state index < -0.39 is 23.7 Å². The van der Waals surface area contributed by atoms with Crippen LogP contribution in [0.15, 0.2) is 42.5 Å². The average molecular weight is 517 g/mol. The van der Waals surface area contributed by atoms with Crippen LogP contribution in [0.2, 0.25) is 0 Å². The smallest absolute Gasteiger partial charge is 0.418 e. The quantitative estimate of drug-likeness (QED) is 0.318. The number of amides is 2. The van der Waals surface area contributed by atoms with E-state index in [1.165, 1.54) is 6.07 Å². The number of anilines is 1. The number of aromatic nitrogens is 1. The molecule has 1 heterocycles. The molecule has 0 saturated carbocycles. The number of aromatic amines is 1. The van der Waals surface area contributed by atoms with Crippen molar-refractivity contribution in [2.24, 2.45) is 11.8 Å². The van der Waals surface area contributed by atoms with Crippen molar-refractivity contribution >= 4 is 28.4 Å². The second-order valence-corrected chi connectivity index (χ2v) is 9.46. The minimum absolute atomic E-state index is 0.0579. The highest BCUT2D eigenvalue weighted by molar-refractivity contribution is 5.91. The van der Waals surface area contributed by atoms with Crippen LogP contribution in [0.25, 0.3) is 10.9 Å². The summed E-state index contributed by atoms with van der Waals surface area (Å²) in [6.07, 6.45) is -2.56. The number of ether oxygens (including phenoxy) is 1. The Balaban J connectivity index is 1.46. The van der Waals surface area contributed by atoms with Crippen LogP contribution in [0.3, 0.4) is 0 Å². The molecule has 0 saturated heterocycles. The maximum absolute atomic E-state index is 13.5. The topological polar surface area (TPSA) is 95.2 Å². The number of fused-ring (bicyclic) bond motifs is 3. The Morgan fingerprint density at radius 1 is 1.16 bits per heavy atom. The van der Waals surface area contributed by atoms with E-state index in [9.17, 15) is 22.8 Å². The zero-order chi connectivity index (χ0) is 26.7. The molecule has 0 bridgehead atoms. The predicted octanol–water partition coefficient (Wildman–Crippen LogP) is 4.97. The van der Waals surface area contributed by atoms with Crippen molar-refractivity contribution in [3.8, 4) is 5.75 Å². The fraction of sp³-hybridized carbons (Fsp3) is 0.407. The van der Waals surface area contributed by atoms with Crippen molar-refractivity contribution in [3.05, 3.63) is 59.3 Å². The Morgan fingerprint density at radius 3 is 2.54 bits per heavy atom. The predicted molar refractivity (Wildman–Crippen MR) is 135 cm³/mol. The van der Waals surface area contributed by atoms with Crippen LogP contribution in [0, 0.1) is 11.8 Å². The number of halogens is 3. The minimum atomic E-state index is -4.47. The summed E-state index contributed by atoms with van der Waals surface area (Å²) in [5.74, 6) is -0.561. The fourth-order valence-corrected chi connectivity index (χ4v) is 4.76. The number of aryl methyl sites for hydroxylation is 1. The number of hydrogen-bond donors (Lipinski definition) is 4. The molecular weight excluding hydrogens is 485 g/mol. The van der Waals surface area contributed by atoms with Crippen LogP contribution in [-0.2, 0) is 28.6 Å². The number of rotatable bonds is 8. The molecule has 1 aliphatic rings. The molecule has 0 fully saturated rings. The summed E-state index contributed by atoms with van der Waals surface area (Å²) in [4.78, 5) is 29.2. The van der Waals surface area contributed by atoms with E-state index in [1.54, 1.807) is 37.4 Å². The van der Waals surface area contributed by atoms with Gasteiger partial charge in [-0.25, -0.2) is 0 Å². The van der Waals surface area contributed by atoms with Crippen LogP contribution in [0.5, 0.6) is 5.75 Å². The summed E-state index contributed by atoms with van der Waals surface area (Å²) in [6, 6.07) is 10.3. The summed E-state index contributed by atoms with van der Waals surface area (Å²) >= 11 is 0. The lowest BCUT2D eigenvalue weighted by Gasteiger charge is -2.28. The molecule has 0 radical (unpaired) electrons. The molecule has 2 amide bonds. The number of carbonyl (C=O) groups is 2. The van der Waals surface area contributed by atoms with Crippen LogP contribution < -0.4 is 20.9 Å². The standard InChI is InChI=1S/C27H31F3N4O3/c1-4-15(2)23(26(36)34-33-17-9-11-18(37-3)12-10-17)32-25(35)16-8-13-22-20(14-16)19-6-5-7-21(24(19)31-22)27(28,29)30/h5-7,9-12,15-16,23,31,33H,4,8,13-14H2,1-3H3,(H,32,35)(H,34,36)/t15?,16?,23-/m0/s1. The third-order valence-corrected chi connectivity index (χ3v) is 7.11. The SMILES string of the molecule is CCC(C)[C@H](NC(=O)C1CCc2[nH]c3c(C(F)(F)F)cccc3c2C1)C(=O)NNc1ccc(OC)cc1. The van der Waals surface area contributed by atoms with Gasteiger partial charge in [-0.15, -0.1) is 0 Å². The monoisotopic (exact) mass is 516 g/mol. The Labute approximate surface area is 213 Å². The number of hydrazine groups is 1. The maximum Gasteiger partial charge on any atom is 0.418 e. The molecule has 0 aliphatic heterocycles. The van der Waals surface area contributed by atoms with E-state index in [1.807, 2.05) is 13.8 Å². The molecule has 3 atom stereocenters. The molecular formula is C27H31F3N4O3. The third kappa shape index (κ3) is 5.68. The van der Waals surface area contributed by atoms with Gasteiger partial charge in [-0.3, -0.25) is 20.4 Å². The fourth-order valence-electron chi connectivity index (χ4n) is 4.76. The van der Waals surface area contributed by atoms with E-state index in [0.717, 1.165) is 17.3 Å². The molecule has 4 N–H and O–H groups in total. The number of benzene rings is 2. The van der Waals surface area contributed by atoms with Gasteiger partial charge in [0.1, 0.15) is 11.8 Å². The van der Waals surface area contributed by atoms with Gasteiger partial charge in [-0.2, -0.15) is 13.2 Å². The summed E-state index contributed by atoms with van der Waals surface area (Å²) in [5, 5.41) is 3.39. The number of methoxy groups -OCH3 is 1. The maximum atomic E-state index is 13.5. The van der Waals surface area contributed by atoms with Gasteiger partial charge in [0.25, 0.3) is 5.91 Å². The number of hydrogen-bond acceptors (Lipinski definition) is 4. The second-order valence-electron chi connectivity index (χ2n) is 9.46. The highest BCUT2D eigenvalue weighted by Crippen LogP contribution is 2.39. The molecule has 1 aliphatic carbocycles. The highest BCUT2D eigenvalue weighted by Gasteiger charge is 2.36. The lowest BCUT2D eigenvalue weighted by atomic mass is 9.85. The lowest BCUT2D eigenvalue weighted by molar-refractivity contribution is -0.136. The largest absolute Gasteiger partial charge is 0.497 e. The molecule has 10 heteroatoms. The Morgan fingerprint density at radius 2 is 1.89 bits per heavy atom. The van der Waals surface area contributed by atoms with E-state index in [0.29, 0.717) is 42.5 Å². The van der Waals surface area contributed by atoms with Crippen molar-refractivity contribution in [1.29, 1.82) is 0 Å². The molecule has 1 aromatic heterocycles. The van der Waals surface area contributed by atoms with E-state index >= 15 is 0 Å². The van der Waals surface area contributed by atoms with Crippen LogP contribution in [0.1, 0.15) is 43.5 Å². The molecule has 0 spiro atoms. The van der Waals surface area contributed by atoms with Gasteiger partial charge in [-0.05, 0) is 61.1 Å². The summed E-state index contributed by atoms with van der Waals surface area (Å²) < 4.78 is 45.6. The van der Waals surface area contributed by atoms with Crippen molar-refractivity contribution < 1.29 is 27.5 Å². The van der Waals surface area contributed by atoms with Crippen molar-refractivity contribution in [2.75, 3.05) is 12.5 Å². The lowest BCUT2D eigenvalue weighted by Crippen LogP contribution is -2.53. The molecule has 2 unspecified atom stereocenters. The van der Waals surface area contributed by atoms with Crippen molar-refractivity contribution in [3.63, 3.8) is 0 Å². The first-order valence-corrected chi connectivity index (χ1v) is 12.3. The number of nitrogens with one attached hydrogen (secondary N) is 4. The molecule has 7 nitrogen and oxygen atoms in total. The van der Waals surface area contributed by atoms with Crippen LogP contribution in [-0.4, -0.2) is 29.9 Å². The highest BCUT2D eigenvalue weighted by atomic mass is 19.4. The first kappa shape index (κ1) is 26.4. The van der Waals surface area contributed by atoms with Gasteiger partial charge in [0, 0.05) is 17.0 Å². The van der Waals surface area contributed by atoms with E-state index in [-0.39, 0.29) is 23.2 Å². The molecule has 3 aromatic rings. The van der Waals surface area contributed by atoms with Gasteiger partial charge < -0.3 is 15.0 Å². The Bertz CT molecular complexity index is 1270. The van der Waals surface area contributed by atoms with Gasteiger partial charge in [0.15, 0.2) is 0 Å². The number of H-pyrrole nitrogens is 1. The number of para-hydroxylation sites is 1.